The quantitative estimate of drug-likeness (QED) is 0.432. The number of amides is 1. The number of imidazole rings is 1. The predicted octanol–water partition coefficient (Wildman–Crippen LogP) is 4.59. The Kier molecular flexibility index (Phi) is 17.6. The summed E-state index contributed by atoms with van der Waals surface area (Å²) >= 11 is 6.25. The number of benzene rings is 1. The van der Waals surface area contributed by atoms with Crippen LogP contribution in [0.15, 0.2) is 49.1 Å². The van der Waals surface area contributed by atoms with Gasteiger partial charge < -0.3 is 25.3 Å². The molecule has 42 heavy (non-hydrogen) atoms. The Labute approximate surface area is 306 Å². The minimum atomic E-state index is -0.541. The number of aromatic nitrogens is 3. The molecule has 1 aromatic carbocycles. The molecule has 1 aliphatic carbocycles. The molecule has 8 nitrogen and oxygen atoms in total. The van der Waals surface area contributed by atoms with Crippen molar-refractivity contribution in [2.75, 3.05) is 26.2 Å². The van der Waals surface area contributed by atoms with E-state index in [9.17, 15) is 4.79 Å². The van der Waals surface area contributed by atoms with Gasteiger partial charge in [-0.1, -0.05) is 69.1 Å². The van der Waals surface area contributed by atoms with E-state index in [0.29, 0.717) is 5.02 Å². The maximum Gasteiger partial charge on any atom is 1.00 e. The molecule has 224 valence electrons. The zero-order valence-corrected chi connectivity index (χ0v) is 32.5. The number of pyridine rings is 1. The summed E-state index contributed by atoms with van der Waals surface area (Å²) in [5, 5.41) is 3.86. The van der Waals surface area contributed by atoms with E-state index in [-0.39, 0.29) is 69.9 Å². The van der Waals surface area contributed by atoms with Gasteiger partial charge in [0.15, 0.2) is 0 Å². The summed E-state index contributed by atoms with van der Waals surface area (Å²) in [5.74, 6) is 0. The van der Waals surface area contributed by atoms with Gasteiger partial charge in [0.1, 0.15) is 5.60 Å². The summed E-state index contributed by atoms with van der Waals surface area (Å²) in [6.07, 6.45) is 7.89. The Morgan fingerprint density at radius 1 is 1.12 bits per heavy atom. The number of carbonyl (C=O) groups excluding carboxylic acids is 1. The summed E-state index contributed by atoms with van der Waals surface area (Å²) in [5.41, 5.74) is 14.4. The number of fused-ring (bicyclic) bond motifs is 2. The molecule has 2 aliphatic rings. The number of piperazine rings is 1. The van der Waals surface area contributed by atoms with Crippen molar-refractivity contribution in [3.05, 3.63) is 87.9 Å². The summed E-state index contributed by atoms with van der Waals surface area (Å²) in [7, 11) is 1.91. The van der Waals surface area contributed by atoms with Crippen LogP contribution in [0, 0.1) is 0 Å². The molecular formula is C32H46ClN6O2Rb. The van der Waals surface area contributed by atoms with E-state index >= 15 is 0 Å². The number of aryl methyl sites for hydroxylation is 1. The standard InChI is InChI=1S/C19H16ClN4.C9H18N2O2.2C2H6.Rb/c1-24-11-22-10-18(24)19(21)16-7-13-3-2-6-23-17(13)8-12-4-5-14(20)9-15(12)16;1-9(2,3)13-8(12)11-6-4-10-5-7-11;2*1-2;/h2-7,9-11,19,21H,8H2,1H3;10H,4-7H2,1-3H3;2*1-2H3;/q-1;;;;+1. The van der Waals surface area contributed by atoms with Gasteiger partial charge in [-0.05, 0) is 55.7 Å². The van der Waals surface area contributed by atoms with Crippen LogP contribution in [-0.2, 0) is 18.2 Å². The topological polar surface area (TPSA) is 96.1 Å². The van der Waals surface area contributed by atoms with Crippen LogP contribution < -0.4 is 63.5 Å². The number of ether oxygens (including phenoxy) is 1. The number of carbonyl (C=O) groups is 1. The van der Waals surface area contributed by atoms with Crippen LogP contribution in [0.3, 0.4) is 0 Å². The van der Waals surface area contributed by atoms with Gasteiger partial charge in [0.05, 0.1) is 12.0 Å². The van der Waals surface area contributed by atoms with Gasteiger partial charge in [0.25, 0.3) is 0 Å². The van der Waals surface area contributed by atoms with Crippen LogP contribution in [0.25, 0.3) is 17.4 Å². The number of nitrogens with one attached hydrogen (secondary N) is 2. The molecule has 3 aromatic rings. The zero-order chi connectivity index (χ0) is 30.6. The van der Waals surface area contributed by atoms with E-state index in [4.69, 9.17) is 22.1 Å². The van der Waals surface area contributed by atoms with Crippen molar-refractivity contribution in [1.29, 1.82) is 0 Å². The van der Waals surface area contributed by atoms with Crippen LogP contribution in [0.1, 0.15) is 82.6 Å². The summed E-state index contributed by atoms with van der Waals surface area (Å²) in [6, 6.07) is 9.32. The van der Waals surface area contributed by atoms with E-state index in [1.165, 1.54) is 0 Å². The van der Waals surface area contributed by atoms with Crippen molar-refractivity contribution in [2.45, 2.75) is 66.5 Å². The number of rotatable bonds is 2. The maximum absolute atomic E-state index is 11.5. The van der Waals surface area contributed by atoms with Gasteiger partial charge in [-0.2, -0.15) is 0 Å². The van der Waals surface area contributed by atoms with E-state index in [1.807, 2.05) is 96.6 Å². The molecule has 0 bridgehead atoms. The van der Waals surface area contributed by atoms with Gasteiger partial charge in [0, 0.05) is 62.8 Å². The van der Waals surface area contributed by atoms with E-state index in [0.717, 1.165) is 66.3 Å². The molecule has 1 atom stereocenters. The fourth-order valence-electron chi connectivity index (χ4n) is 4.34. The Hall–Kier alpha value is -1.39. The van der Waals surface area contributed by atoms with Gasteiger partial charge in [-0.25, -0.2) is 9.78 Å². The Morgan fingerprint density at radius 2 is 1.79 bits per heavy atom. The Bertz CT molecular complexity index is 1280. The molecule has 1 saturated heterocycles. The van der Waals surface area contributed by atoms with Gasteiger partial charge in [0.2, 0.25) is 0 Å². The first-order valence-corrected chi connectivity index (χ1v) is 14.8. The average molecular weight is 668 g/mol. The van der Waals surface area contributed by atoms with Crippen LogP contribution in [-0.4, -0.2) is 57.3 Å². The molecule has 0 radical (unpaired) electrons. The monoisotopic (exact) mass is 666 g/mol. The van der Waals surface area contributed by atoms with Crippen LogP contribution >= 0.6 is 11.6 Å². The molecule has 0 spiro atoms. The van der Waals surface area contributed by atoms with Crippen LogP contribution in [0.4, 0.5) is 4.79 Å². The van der Waals surface area contributed by atoms with Crippen molar-refractivity contribution >= 4 is 29.3 Å². The number of hydrogen-bond donors (Lipinski definition) is 1. The third-order valence-electron chi connectivity index (χ3n) is 6.21. The summed E-state index contributed by atoms with van der Waals surface area (Å²) in [6.45, 7) is 16.9. The summed E-state index contributed by atoms with van der Waals surface area (Å²) < 4.78 is 7.12. The number of hydrogen-bond acceptors (Lipinski definition) is 5. The Balaban J connectivity index is 0.000000420. The second-order valence-electron chi connectivity index (χ2n) is 10.2. The predicted molar refractivity (Wildman–Crippen MR) is 170 cm³/mol. The first-order valence-electron chi connectivity index (χ1n) is 14.4. The molecule has 1 aliphatic heterocycles. The molecule has 2 N–H and O–H groups in total. The third-order valence-corrected chi connectivity index (χ3v) is 6.44. The fourth-order valence-corrected chi connectivity index (χ4v) is 4.52. The first kappa shape index (κ1) is 38.6. The van der Waals surface area contributed by atoms with E-state index < -0.39 is 6.04 Å². The number of nitrogens with zero attached hydrogens (tertiary/aromatic N) is 4. The molecule has 0 saturated carbocycles. The fraction of sp³-hybridized carbons (Fsp3) is 0.469. The summed E-state index contributed by atoms with van der Waals surface area (Å²) in [4.78, 5) is 21.9. The molecular weight excluding hydrogens is 621 g/mol. The minimum Gasteiger partial charge on any atom is -0.666 e. The zero-order valence-electron chi connectivity index (χ0n) is 26.8. The maximum atomic E-state index is 11.5. The molecule has 1 fully saturated rings. The van der Waals surface area contributed by atoms with Crippen molar-refractivity contribution in [3.8, 4) is 0 Å². The number of halogens is 1. The average Bonchev–Trinajstić information content (AvgIpc) is 3.33. The molecule has 10 heteroatoms. The van der Waals surface area contributed by atoms with Crippen molar-refractivity contribution in [2.24, 2.45) is 7.05 Å². The Morgan fingerprint density at radius 3 is 2.38 bits per heavy atom. The van der Waals surface area contributed by atoms with Crippen LogP contribution in [0.2, 0.25) is 5.02 Å². The van der Waals surface area contributed by atoms with Gasteiger partial charge in [-0.15, -0.1) is 0 Å². The normalized spacial score (nSPS) is 14.2. The molecule has 3 heterocycles. The second-order valence-corrected chi connectivity index (χ2v) is 10.6. The van der Waals surface area contributed by atoms with E-state index in [2.05, 4.69) is 21.4 Å². The first-order chi connectivity index (χ1) is 19.6. The van der Waals surface area contributed by atoms with Crippen LogP contribution in [0.5, 0.6) is 0 Å². The van der Waals surface area contributed by atoms with Gasteiger partial charge in [-0.3, -0.25) is 4.98 Å². The van der Waals surface area contributed by atoms with Gasteiger partial charge >= 0.3 is 64.3 Å². The van der Waals surface area contributed by atoms with Crippen molar-refractivity contribution in [3.63, 3.8) is 0 Å². The SMILES string of the molecule is CC.CC.CC(C)(C)OC(=O)N1CCNCC1.Cn1cncc1C([NH-])C1=Cc2cccnc2Cc2ccc(Cl)cc21.[Rb+]. The molecule has 1 amide bonds. The molecule has 2 aromatic heterocycles. The minimum absolute atomic E-state index is 0. The smallest absolute Gasteiger partial charge is 0.666 e. The van der Waals surface area contributed by atoms with E-state index in [1.54, 1.807) is 17.4 Å². The van der Waals surface area contributed by atoms with Crippen molar-refractivity contribution < 1.29 is 67.7 Å². The largest absolute Gasteiger partial charge is 1.00 e. The molecule has 5 rings (SSSR count). The van der Waals surface area contributed by atoms with Crippen molar-refractivity contribution in [1.82, 2.24) is 24.8 Å². The third kappa shape index (κ3) is 11.3. The molecule has 1 unspecified atom stereocenters. The second kappa shape index (κ2) is 19.1.